The van der Waals surface area contributed by atoms with Gasteiger partial charge in [-0.1, -0.05) is 20.3 Å². The maximum absolute atomic E-state index is 12.5. The molecule has 0 bridgehead atoms. The molecule has 0 heterocycles. The Morgan fingerprint density at radius 3 is 2.53 bits per heavy atom. The van der Waals surface area contributed by atoms with Crippen molar-refractivity contribution in [1.82, 2.24) is 10.2 Å². The molecule has 2 nitrogen and oxygen atoms in total. The summed E-state index contributed by atoms with van der Waals surface area (Å²) < 4.78 is 24.9. The van der Waals surface area contributed by atoms with Crippen LogP contribution in [-0.2, 0) is 0 Å². The number of alkyl halides is 2. The zero-order valence-corrected chi connectivity index (χ0v) is 11.3. The summed E-state index contributed by atoms with van der Waals surface area (Å²) in [5.41, 5.74) is 0. The van der Waals surface area contributed by atoms with Crippen molar-refractivity contribution >= 4 is 0 Å². The van der Waals surface area contributed by atoms with E-state index in [2.05, 4.69) is 19.2 Å². The van der Waals surface area contributed by atoms with Crippen LogP contribution in [0.2, 0.25) is 0 Å². The van der Waals surface area contributed by atoms with E-state index in [0.29, 0.717) is 12.0 Å². The Labute approximate surface area is 104 Å². The third-order valence-corrected chi connectivity index (χ3v) is 3.96. The summed E-state index contributed by atoms with van der Waals surface area (Å²) in [5.74, 6) is 0.704. The first-order valence-corrected chi connectivity index (χ1v) is 6.80. The number of nitrogens with one attached hydrogen (secondary N) is 1. The van der Waals surface area contributed by atoms with Crippen LogP contribution in [0, 0.1) is 5.92 Å². The van der Waals surface area contributed by atoms with Crippen molar-refractivity contribution in [2.75, 3.05) is 20.1 Å². The molecule has 1 N–H and O–H groups in total. The molecule has 102 valence electrons. The van der Waals surface area contributed by atoms with E-state index in [1.165, 1.54) is 6.42 Å². The number of hydrogen-bond acceptors (Lipinski definition) is 2. The van der Waals surface area contributed by atoms with Crippen LogP contribution in [0.25, 0.3) is 0 Å². The molecule has 1 rings (SSSR count). The van der Waals surface area contributed by atoms with Crippen LogP contribution in [0.4, 0.5) is 8.78 Å². The molecule has 0 aromatic carbocycles. The highest BCUT2D eigenvalue weighted by Crippen LogP contribution is 2.29. The predicted molar refractivity (Wildman–Crippen MR) is 67.5 cm³/mol. The molecule has 0 saturated heterocycles. The highest BCUT2D eigenvalue weighted by molar-refractivity contribution is 4.90. The van der Waals surface area contributed by atoms with E-state index >= 15 is 0 Å². The number of nitrogens with zero attached hydrogens (tertiary/aromatic N) is 1. The summed E-state index contributed by atoms with van der Waals surface area (Å²) in [6.07, 6.45) is 2.33. The minimum absolute atomic E-state index is 0.108. The van der Waals surface area contributed by atoms with Gasteiger partial charge in [0.15, 0.2) is 0 Å². The standard InChI is InChI=1S/C13H26F2N2/c1-4-10-6-7-11(16-5-2)12(8-10)17(3)9-13(14)15/h10-13,16H,4-9H2,1-3H3. The lowest BCUT2D eigenvalue weighted by atomic mass is 9.80. The SMILES string of the molecule is CCNC1CCC(CC)CC1N(C)CC(F)F. The van der Waals surface area contributed by atoms with Crippen LogP contribution in [-0.4, -0.2) is 43.5 Å². The quantitative estimate of drug-likeness (QED) is 0.777. The first kappa shape index (κ1) is 14.8. The maximum atomic E-state index is 12.5. The summed E-state index contributed by atoms with van der Waals surface area (Å²) in [7, 11) is 1.83. The van der Waals surface area contributed by atoms with Crippen molar-refractivity contribution in [2.45, 2.75) is 58.0 Å². The minimum atomic E-state index is -2.23. The van der Waals surface area contributed by atoms with E-state index in [1.807, 2.05) is 11.9 Å². The molecule has 0 aromatic rings. The summed E-state index contributed by atoms with van der Waals surface area (Å²) in [6.45, 7) is 5.09. The largest absolute Gasteiger partial charge is 0.313 e. The molecule has 0 aliphatic heterocycles. The number of halogens is 2. The molecule has 0 radical (unpaired) electrons. The minimum Gasteiger partial charge on any atom is -0.313 e. The normalized spacial score (nSPS) is 30.2. The van der Waals surface area contributed by atoms with E-state index < -0.39 is 6.43 Å². The summed E-state index contributed by atoms with van der Waals surface area (Å²) >= 11 is 0. The lowest BCUT2D eigenvalue weighted by Gasteiger charge is -2.41. The molecule has 0 spiro atoms. The molecular weight excluding hydrogens is 222 g/mol. The highest BCUT2D eigenvalue weighted by Gasteiger charge is 2.32. The number of hydrogen-bond donors (Lipinski definition) is 1. The molecule has 0 aromatic heterocycles. The molecule has 1 aliphatic carbocycles. The fourth-order valence-electron chi connectivity index (χ4n) is 2.94. The molecule has 1 fully saturated rings. The monoisotopic (exact) mass is 248 g/mol. The first-order chi connectivity index (χ1) is 8.08. The van der Waals surface area contributed by atoms with E-state index in [9.17, 15) is 8.78 Å². The lowest BCUT2D eigenvalue weighted by Crippen LogP contribution is -2.53. The third-order valence-electron chi connectivity index (χ3n) is 3.96. The second kappa shape index (κ2) is 7.27. The zero-order chi connectivity index (χ0) is 12.8. The number of rotatable bonds is 6. The van der Waals surface area contributed by atoms with Crippen LogP contribution >= 0.6 is 0 Å². The predicted octanol–water partition coefficient (Wildman–Crippen LogP) is 2.74. The maximum Gasteiger partial charge on any atom is 0.251 e. The van der Waals surface area contributed by atoms with Crippen molar-refractivity contribution < 1.29 is 8.78 Å². The van der Waals surface area contributed by atoms with E-state index in [4.69, 9.17) is 0 Å². The van der Waals surface area contributed by atoms with Gasteiger partial charge in [-0.2, -0.15) is 0 Å². The van der Waals surface area contributed by atoms with Crippen LogP contribution < -0.4 is 5.32 Å². The summed E-state index contributed by atoms with van der Waals surface area (Å²) in [5, 5.41) is 3.45. The Balaban J connectivity index is 2.59. The zero-order valence-electron chi connectivity index (χ0n) is 11.3. The second-order valence-corrected chi connectivity index (χ2v) is 5.15. The molecule has 1 aliphatic rings. The van der Waals surface area contributed by atoms with Crippen LogP contribution in [0.15, 0.2) is 0 Å². The van der Waals surface area contributed by atoms with Gasteiger partial charge in [0, 0.05) is 12.1 Å². The fraction of sp³-hybridized carbons (Fsp3) is 1.00. The fourth-order valence-corrected chi connectivity index (χ4v) is 2.94. The second-order valence-electron chi connectivity index (χ2n) is 5.15. The van der Waals surface area contributed by atoms with Crippen molar-refractivity contribution in [1.29, 1.82) is 0 Å². The molecule has 1 saturated carbocycles. The van der Waals surface area contributed by atoms with Gasteiger partial charge in [-0.05, 0) is 38.8 Å². The molecule has 17 heavy (non-hydrogen) atoms. The molecule has 4 heteroatoms. The van der Waals surface area contributed by atoms with Gasteiger partial charge < -0.3 is 5.32 Å². The summed E-state index contributed by atoms with van der Waals surface area (Å²) in [4.78, 5) is 1.85. The van der Waals surface area contributed by atoms with Gasteiger partial charge in [-0.25, -0.2) is 8.78 Å². The molecule has 0 amide bonds. The van der Waals surface area contributed by atoms with Crippen molar-refractivity contribution in [3.05, 3.63) is 0 Å². The van der Waals surface area contributed by atoms with Gasteiger partial charge >= 0.3 is 0 Å². The van der Waals surface area contributed by atoms with Crippen LogP contribution in [0.1, 0.15) is 39.5 Å². The Bertz CT molecular complexity index is 212. The topological polar surface area (TPSA) is 15.3 Å². The van der Waals surface area contributed by atoms with Crippen molar-refractivity contribution in [3.8, 4) is 0 Å². The Kier molecular flexibility index (Phi) is 6.34. The average molecular weight is 248 g/mol. The average Bonchev–Trinajstić information content (AvgIpc) is 2.29. The first-order valence-electron chi connectivity index (χ1n) is 6.80. The van der Waals surface area contributed by atoms with Gasteiger partial charge in [-0.3, -0.25) is 4.90 Å². The Hall–Kier alpha value is -0.220. The van der Waals surface area contributed by atoms with Crippen molar-refractivity contribution in [2.24, 2.45) is 5.92 Å². The van der Waals surface area contributed by atoms with Crippen LogP contribution in [0.3, 0.4) is 0 Å². The highest BCUT2D eigenvalue weighted by atomic mass is 19.3. The smallest absolute Gasteiger partial charge is 0.251 e. The van der Waals surface area contributed by atoms with Gasteiger partial charge in [0.1, 0.15) is 0 Å². The lowest BCUT2D eigenvalue weighted by molar-refractivity contribution is 0.0488. The molecule has 3 atom stereocenters. The Morgan fingerprint density at radius 1 is 1.29 bits per heavy atom. The molecule has 3 unspecified atom stereocenters. The summed E-state index contributed by atoms with van der Waals surface area (Å²) in [6, 6.07) is 0.647. The van der Waals surface area contributed by atoms with Crippen molar-refractivity contribution in [3.63, 3.8) is 0 Å². The van der Waals surface area contributed by atoms with E-state index in [-0.39, 0.29) is 12.6 Å². The van der Waals surface area contributed by atoms with E-state index in [0.717, 1.165) is 25.8 Å². The molecular formula is C13H26F2N2. The van der Waals surface area contributed by atoms with Gasteiger partial charge in [0.25, 0.3) is 6.43 Å². The third kappa shape index (κ3) is 4.51. The van der Waals surface area contributed by atoms with Gasteiger partial charge in [0.05, 0.1) is 6.54 Å². The van der Waals surface area contributed by atoms with Gasteiger partial charge in [0.2, 0.25) is 0 Å². The number of likely N-dealkylation sites (N-methyl/N-ethyl adjacent to an activating group) is 2. The van der Waals surface area contributed by atoms with Crippen LogP contribution in [0.5, 0.6) is 0 Å². The van der Waals surface area contributed by atoms with E-state index in [1.54, 1.807) is 0 Å². The Morgan fingerprint density at radius 2 is 2.00 bits per heavy atom. The van der Waals surface area contributed by atoms with Gasteiger partial charge in [-0.15, -0.1) is 0 Å².